The van der Waals surface area contributed by atoms with Gasteiger partial charge in [0.2, 0.25) is 0 Å². The second kappa shape index (κ2) is 7.54. The van der Waals surface area contributed by atoms with Crippen LogP contribution < -0.4 is 5.32 Å². The number of nitrogens with one attached hydrogen (secondary N) is 1. The quantitative estimate of drug-likeness (QED) is 0.918. The highest BCUT2D eigenvalue weighted by molar-refractivity contribution is 5.63. The molecule has 0 aliphatic carbocycles. The second-order valence-electron chi connectivity index (χ2n) is 5.74. The van der Waals surface area contributed by atoms with Gasteiger partial charge in [0.15, 0.2) is 0 Å². The van der Waals surface area contributed by atoms with Gasteiger partial charge in [-0.3, -0.25) is 4.90 Å². The van der Waals surface area contributed by atoms with Gasteiger partial charge in [-0.1, -0.05) is 54.6 Å². The first kappa shape index (κ1) is 15.2. The lowest BCUT2D eigenvalue weighted by Crippen LogP contribution is -2.41. The van der Waals surface area contributed by atoms with Gasteiger partial charge in [-0.05, 0) is 23.7 Å². The van der Waals surface area contributed by atoms with Gasteiger partial charge in [0.25, 0.3) is 0 Å². The number of likely N-dealkylation sites (N-methyl/N-ethyl adjacent to an activating group) is 1. The predicted molar refractivity (Wildman–Crippen MR) is 90.9 cm³/mol. The summed E-state index contributed by atoms with van der Waals surface area (Å²) in [6.07, 6.45) is 0. The van der Waals surface area contributed by atoms with Crippen LogP contribution in [-0.4, -0.2) is 44.8 Å². The molecule has 1 unspecified atom stereocenters. The highest BCUT2D eigenvalue weighted by Crippen LogP contribution is 2.22. The van der Waals surface area contributed by atoms with Crippen LogP contribution in [-0.2, 0) is 4.74 Å². The lowest BCUT2D eigenvalue weighted by Gasteiger charge is -2.30. The van der Waals surface area contributed by atoms with Crippen LogP contribution in [0.15, 0.2) is 54.6 Å². The number of ether oxygens (including phenoxy) is 1. The number of morpholine rings is 1. The summed E-state index contributed by atoms with van der Waals surface area (Å²) in [4.78, 5) is 2.47. The van der Waals surface area contributed by atoms with Crippen molar-refractivity contribution >= 4 is 0 Å². The van der Waals surface area contributed by atoms with E-state index in [9.17, 15) is 0 Å². The topological polar surface area (TPSA) is 24.5 Å². The molecule has 0 aromatic heterocycles. The van der Waals surface area contributed by atoms with Gasteiger partial charge in [-0.15, -0.1) is 0 Å². The zero-order chi connectivity index (χ0) is 15.2. The summed E-state index contributed by atoms with van der Waals surface area (Å²) in [5.41, 5.74) is 3.88. The van der Waals surface area contributed by atoms with Crippen molar-refractivity contribution in [2.24, 2.45) is 0 Å². The Morgan fingerprint density at radius 1 is 0.955 bits per heavy atom. The van der Waals surface area contributed by atoms with Gasteiger partial charge in [0, 0.05) is 25.7 Å². The average Bonchev–Trinajstić information content (AvgIpc) is 2.61. The molecule has 3 nitrogen and oxygen atoms in total. The lowest BCUT2D eigenvalue weighted by molar-refractivity contribution is 0.0338. The van der Waals surface area contributed by atoms with E-state index >= 15 is 0 Å². The minimum Gasteiger partial charge on any atom is -0.379 e. The lowest BCUT2D eigenvalue weighted by atomic mass is 10.0. The van der Waals surface area contributed by atoms with E-state index < -0.39 is 0 Å². The molecule has 1 aliphatic rings. The predicted octanol–water partition coefficient (Wildman–Crippen LogP) is 2.95. The number of hydrogen-bond donors (Lipinski definition) is 1. The zero-order valence-electron chi connectivity index (χ0n) is 13.2. The van der Waals surface area contributed by atoms with E-state index in [4.69, 9.17) is 4.74 Å². The van der Waals surface area contributed by atoms with Gasteiger partial charge in [-0.2, -0.15) is 0 Å². The molecule has 1 fully saturated rings. The summed E-state index contributed by atoms with van der Waals surface area (Å²) in [5.74, 6) is 0. The van der Waals surface area contributed by atoms with Gasteiger partial charge in [0.1, 0.15) is 0 Å². The normalized spacial score (nSPS) is 17.3. The number of hydrogen-bond acceptors (Lipinski definition) is 3. The SMILES string of the molecule is CNC(CN1CCOCC1)c1ccc(-c2ccccc2)cc1. The van der Waals surface area contributed by atoms with Gasteiger partial charge in [-0.25, -0.2) is 0 Å². The number of benzene rings is 2. The average molecular weight is 296 g/mol. The Balaban J connectivity index is 1.70. The Morgan fingerprint density at radius 2 is 1.59 bits per heavy atom. The summed E-state index contributed by atoms with van der Waals surface area (Å²) in [7, 11) is 2.04. The van der Waals surface area contributed by atoms with Crippen LogP contribution in [0.2, 0.25) is 0 Å². The first-order chi connectivity index (χ1) is 10.9. The maximum absolute atomic E-state index is 5.42. The molecular weight excluding hydrogens is 272 g/mol. The van der Waals surface area contributed by atoms with Gasteiger partial charge >= 0.3 is 0 Å². The van der Waals surface area contributed by atoms with E-state index in [2.05, 4.69) is 64.8 Å². The van der Waals surface area contributed by atoms with Crippen molar-refractivity contribution in [3.63, 3.8) is 0 Å². The van der Waals surface area contributed by atoms with E-state index in [1.165, 1.54) is 16.7 Å². The van der Waals surface area contributed by atoms with E-state index in [1.807, 2.05) is 7.05 Å². The van der Waals surface area contributed by atoms with E-state index in [-0.39, 0.29) is 0 Å². The van der Waals surface area contributed by atoms with Crippen molar-refractivity contribution in [2.75, 3.05) is 39.9 Å². The molecule has 1 heterocycles. The first-order valence-electron chi connectivity index (χ1n) is 7.99. The van der Waals surface area contributed by atoms with Crippen LogP contribution in [0.1, 0.15) is 11.6 Å². The Morgan fingerprint density at radius 3 is 2.23 bits per heavy atom. The molecule has 22 heavy (non-hydrogen) atoms. The molecule has 0 radical (unpaired) electrons. The molecule has 0 spiro atoms. The van der Waals surface area contributed by atoms with Crippen LogP contribution in [0.4, 0.5) is 0 Å². The first-order valence-corrected chi connectivity index (χ1v) is 7.99. The van der Waals surface area contributed by atoms with Crippen LogP contribution in [0.25, 0.3) is 11.1 Å². The molecule has 116 valence electrons. The molecule has 3 rings (SSSR count). The molecule has 3 heteroatoms. The smallest absolute Gasteiger partial charge is 0.0594 e. The largest absolute Gasteiger partial charge is 0.379 e. The molecule has 0 amide bonds. The van der Waals surface area contributed by atoms with Crippen molar-refractivity contribution in [2.45, 2.75) is 6.04 Å². The Hall–Kier alpha value is -1.68. The van der Waals surface area contributed by atoms with Crippen LogP contribution in [0.5, 0.6) is 0 Å². The summed E-state index contributed by atoms with van der Waals surface area (Å²) >= 11 is 0. The molecule has 2 aromatic carbocycles. The summed E-state index contributed by atoms with van der Waals surface area (Å²) in [6.45, 7) is 4.79. The Kier molecular flexibility index (Phi) is 5.22. The van der Waals surface area contributed by atoms with Gasteiger partial charge in [0.05, 0.1) is 13.2 Å². The molecular formula is C19H24N2O. The third-order valence-electron chi connectivity index (χ3n) is 4.31. The van der Waals surface area contributed by atoms with Crippen molar-refractivity contribution in [1.82, 2.24) is 10.2 Å². The monoisotopic (exact) mass is 296 g/mol. The van der Waals surface area contributed by atoms with Crippen molar-refractivity contribution in [3.8, 4) is 11.1 Å². The maximum Gasteiger partial charge on any atom is 0.0594 e. The van der Waals surface area contributed by atoms with Crippen LogP contribution >= 0.6 is 0 Å². The Bertz CT molecular complexity index is 562. The van der Waals surface area contributed by atoms with E-state index in [0.29, 0.717) is 6.04 Å². The van der Waals surface area contributed by atoms with Crippen molar-refractivity contribution < 1.29 is 4.74 Å². The second-order valence-corrected chi connectivity index (χ2v) is 5.74. The summed E-state index contributed by atoms with van der Waals surface area (Å²) in [6, 6.07) is 19.8. The van der Waals surface area contributed by atoms with E-state index in [0.717, 1.165) is 32.8 Å². The number of rotatable bonds is 5. The fourth-order valence-electron chi connectivity index (χ4n) is 2.94. The minimum atomic E-state index is 0.364. The van der Waals surface area contributed by atoms with Crippen molar-refractivity contribution in [3.05, 3.63) is 60.2 Å². The van der Waals surface area contributed by atoms with Gasteiger partial charge < -0.3 is 10.1 Å². The molecule has 1 aliphatic heterocycles. The molecule has 0 saturated carbocycles. The maximum atomic E-state index is 5.42. The van der Waals surface area contributed by atoms with E-state index in [1.54, 1.807) is 0 Å². The minimum absolute atomic E-state index is 0.364. The summed E-state index contributed by atoms with van der Waals surface area (Å²) in [5, 5.41) is 3.44. The molecule has 1 atom stereocenters. The summed E-state index contributed by atoms with van der Waals surface area (Å²) < 4.78 is 5.42. The standard InChI is InChI=1S/C19H24N2O/c1-20-19(15-21-11-13-22-14-12-21)18-9-7-17(8-10-18)16-5-3-2-4-6-16/h2-10,19-20H,11-15H2,1H3. The molecule has 2 aromatic rings. The number of nitrogens with zero attached hydrogens (tertiary/aromatic N) is 1. The molecule has 1 N–H and O–H groups in total. The third kappa shape index (κ3) is 3.74. The molecule has 1 saturated heterocycles. The fourth-order valence-corrected chi connectivity index (χ4v) is 2.94. The molecule has 0 bridgehead atoms. The third-order valence-corrected chi connectivity index (χ3v) is 4.31. The highest BCUT2D eigenvalue weighted by atomic mass is 16.5. The highest BCUT2D eigenvalue weighted by Gasteiger charge is 2.16. The van der Waals surface area contributed by atoms with Crippen LogP contribution in [0.3, 0.4) is 0 Å². The zero-order valence-corrected chi connectivity index (χ0v) is 13.2. The van der Waals surface area contributed by atoms with Crippen molar-refractivity contribution in [1.29, 1.82) is 0 Å². The van der Waals surface area contributed by atoms with Crippen LogP contribution in [0, 0.1) is 0 Å². The fraction of sp³-hybridized carbons (Fsp3) is 0.368. The Labute approximate surface area is 132 Å².